The van der Waals surface area contributed by atoms with Crippen LogP contribution < -0.4 is 10.1 Å². The molecule has 3 rings (SSSR count). The highest BCUT2D eigenvalue weighted by Gasteiger charge is 2.25. The molecule has 0 radical (unpaired) electrons. The fourth-order valence-corrected chi connectivity index (χ4v) is 4.57. The van der Waals surface area contributed by atoms with Gasteiger partial charge in [0.1, 0.15) is 5.75 Å². The van der Waals surface area contributed by atoms with E-state index in [2.05, 4.69) is 10.2 Å². The molecule has 1 aliphatic heterocycles. The van der Waals surface area contributed by atoms with Crippen LogP contribution in [-0.2, 0) is 16.6 Å². The third kappa shape index (κ3) is 5.38. The Bertz CT molecular complexity index is 982. The molecular weight excluding hydrogens is 402 g/mol. The second kappa shape index (κ2) is 9.59. The summed E-state index contributed by atoms with van der Waals surface area (Å²) < 4.78 is 30.8. The molecule has 1 heterocycles. The highest BCUT2D eigenvalue weighted by molar-refractivity contribution is 7.89. The number of rotatable bonds is 7. The minimum Gasteiger partial charge on any atom is -0.495 e. The molecule has 1 aliphatic rings. The van der Waals surface area contributed by atoms with Gasteiger partial charge >= 0.3 is 0 Å². The highest BCUT2D eigenvalue weighted by atomic mass is 32.2. The van der Waals surface area contributed by atoms with Crippen molar-refractivity contribution in [3.63, 3.8) is 0 Å². The van der Waals surface area contributed by atoms with Gasteiger partial charge < -0.3 is 10.1 Å². The standard InChI is InChI=1S/C22H29N3O4S/c1-4-30(27,28)25-13-11-24(12-14-25)16-18-6-8-19(9-7-18)22(26)23-20-15-17(2)5-10-21(20)29-3/h5-10,15H,4,11-14,16H2,1-3H3,(H,23,26). The van der Waals surface area contributed by atoms with Crippen molar-refractivity contribution < 1.29 is 17.9 Å². The lowest BCUT2D eigenvalue weighted by molar-refractivity contribution is 0.102. The first-order valence-electron chi connectivity index (χ1n) is 10.1. The Morgan fingerprint density at radius 1 is 1.07 bits per heavy atom. The van der Waals surface area contributed by atoms with Gasteiger partial charge in [-0.05, 0) is 49.2 Å². The molecule has 0 unspecified atom stereocenters. The third-order valence-electron chi connectivity index (χ3n) is 5.31. The lowest BCUT2D eigenvalue weighted by atomic mass is 10.1. The molecule has 0 bridgehead atoms. The Hall–Kier alpha value is -2.42. The number of carbonyl (C=O) groups is 1. The summed E-state index contributed by atoms with van der Waals surface area (Å²) in [5.74, 6) is 0.573. The quantitative estimate of drug-likeness (QED) is 0.729. The molecule has 30 heavy (non-hydrogen) atoms. The van der Waals surface area contributed by atoms with Crippen LogP contribution >= 0.6 is 0 Å². The summed E-state index contributed by atoms with van der Waals surface area (Å²) in [5, 5.41) is 2.91. The zero-order valence-corrected chi connectivity index (χ0v) is 18.5. The molecule has 1 saturated heterocycles. The van der Waals surface area contributed by atoms with Gasteiger partial charge in [-0.2, -0.15) is 4.31 Å². The van der Waals surface area contributed by atoms with Crippen LogP contribution in [0.1, 0.15) is 28.4 Å². The molecule has 7 nitrogen and oxygen atoms in total. The van der Waals surface area contributed by atoms with E-state index in [1.807, 2.05) is 49.4 Å². The van der Waals surface area contributed by atoms with Crippen molar-refractivity contribution in [3.05, 3.63) is 59.2 Å². The molecule has 0 atom stereocenters. The predicted octanol–water partition coefficient (Wildman–Crippen LogP) is 2.72. The Labute approximate surface area is 178 Å². The summed E-state index contributed by atoms with van der Waals surface area (Å²) in [6.07, 6.45) is 0. The predicted molar refractivity (Wildman–Crippen MR) is 118 cm³/mol. The summed E-state index contributed by atoms with van der Waals surface area (Å²) in [6, 6.07) is 13.1. The number of nitrogens with one attached hydrogen (secondary N) is 1. The molecule has 0 saturated carbocycles. The number of nitrogens with zero attached hydrogens (tertiary/aromatic N) is 2. The number of ether oxygens (including phenoxy) is 1. The average molecular weight is 432 g/mol. The normalized spacial score (nSPS) is 15.7. The fraction of sp³-hybridized carbons (Fsp3) is 0.409. The fourth-order valence-electron chi connectivity index (χ4n) is 3.48. The summed E-state index contributed by atoms with van der Waals surface area (Å²) in [6.45, 7) is 6.82. The summed E-state index contributed by atoms with van der Waals surface area (Å²) in [4.78, 5) is 14.8. The number of hydrogen-bond acceptors (Lipinski definition) is 5. The highest BCUT2D eigenvalue weighted by Crippen LogP contribution is 2.25. The van der Waals surface area contributed by atoms with E-state index in [-0.39, 0.29) is 11.7 Å². The molecule has 8 heteroatoms. The number of amides is 1. The molecule has 0 aliphatic carbocycles. The minimum atomic E-state index is -3.11. The second-order valence-corrected chi connectivity index (χ2v) is 9.69. The lowest BCUT2D eigenvalue weighted by Gasteiger charge is -2.33. The van der Waals surface area contributed by atoms with Crippen LogP contribution in [0.4, 0.5) is 5.69 Å². The molecule has 1 N–H and O–H groups in total. The van der Waals surface area contributed by atoms with Gasteiger partial charge in [-0.3, -0.25) is 9.69 Å². The Balaban J connectivity index is 1.58. The van der Waals surface area contributed by atoms with Crippen LogP contribution in [0.5, 0.6) is 5.75 Å². The molecule has 0 aromatic heterocycles. The van der Waals surface area contributed by atoms with E-state index in [9.17, 15) is 13.2 Å². The first-order valence-corrected chi connectivity index (χ1v) is 11.7. The SMILES string of the molecule is CCS(=O)(=O)N1CCN(Cc2ccc(C(=O)Nc3cc(C)ccc3OC)cc2)CC1. The van der Waals surface area contributed by atoms with E-state index in [0.717, 1.165) is 17.7 Å². The largest absolute Gasteiger partial charge is 0.495 e. The molecule has 1 fully saturated rings. The number of aryl methyl sites for hydroxylation is 1. The van der Waals surface area contributed by atoms with E-state index in [0.29, 0.717) is 43.2 Å². The zero-order valence-electron chi connectivity index (χ0n) is 17.7. The Kier molecular flexibility index (Phi) is 7.12. The van der Waals surface area contributed by atoms with Crippen molar-refractivity contribution in [3.8, 4) is 5.75 Å². The summed E-state index contributed by atoms with van der Waals surface area (Å²) >= 11 is 0. The average Bonchev–Trinajstić information content (AvgIpc) is 2.75. The first-order chi connectivity index (χ1) is 14.3. The van der Waals surface area contributed by atoms with Crippen LogP contribution in [0.3, 0.4) is 0 Å². The van der Waals surface area contributed by atoms with Gasteiger partial charge in [0.2, 0.25) is 10.0 Å². The number of benzene rings is 2. The van der Waals surface area contributed by atoms with Crippen molar-refractivity contribution in [1.29, 1.82) is 0 Å². The second-order valence-electron chi connectivity index (χ2n) is 7.43. The summed E-state index contributed by atoms with van der Waals surface area (Å²) in [7, 11) is -1.54. The van der Waals surface area contributed by atoms with Gasteiger partial charge in [-0.1, -0.05) is 18.2 Å². The number of piperazine rings is 1. The van der Waals surface area contributed by atoms with E-state index >= 15 is 0 Å². The number of anilines is 1. The molecule has 1 amide bonds. The van der Waals surface area contributed by atoms with Gasteiger partial charge in [0, 0.05) is 38.3 Å². The maximum atomic E-state index is 12.6. The number of hydrogen-bond donors (Lipinski definition) is 1. The monoisotopic (exact) mass is 431 g/mol. The smallest absolute Gasteiger partial charge is 0.255 e. The van der Waals surface area contributed by atoms with Crippen molar-refractivity contribution in [2.24, 2.45) is 0 Å². The van der Waals surface area contributed by atoms with Crippen LogP contribution in [0.25, 0.3) is 0 Å². The van der Waals surface area contributed by atoms with Crippen LogP contribution in [-0.4, -0.2) is 62.6 Å². The molecular formula is C22H29N3O4S. The van der Waals surface area contributed by atoms with Gasteiger partial charge in [0.15, 0.2) is 0 Å². The molecule has 2 aromatic carbocycles. The van der Waals surface area contributed by atoms with Gasteiger partial charge in [-0.15, -0.1) is 0 Å². The van der Waals surface area contributed by atoms with Crippen LogP contribution in [0.15, 0.2) is 42.5 Å². The van der Waals surface area contributed by atoms with Crippen molar-refractivity contribution in [1.82, 2.24) is 9.21 Å². The Morgan fingerprint density at radius 2 is 1.73 bits per heavy atom. The van der Waals surface area contributed by atoms with E-state index in [1.54, 1.807) is 18.3 Å². The molecule has 0 spiro atoms. The number of methoxy groups -OCH3 is 1. The number of sulfonamides is 1. The van der Waals surface area contributed by atoms with Crippen molar-refractivity contribution >= 4 is 21.6 Å². The topological polar surface area (TPSA) is 79.0 Å². The first kappa shape index (κ1) is 22.3. The zero-order chi connectivity index (χ0) is 21.7. The lowest BCUT2D eigenvalue weighted by Crippen LogP contribution is -2.48. The third-order valence-corrected chi connectivity index (χ3v) is 7.20. The number of carbonyl (C=O) groups excluding carboxylic acids is 1. The van der Waals surface area contributed by atoms with Gasteiger partial charge in [0.25, 0.3) is 5.91 Å². The Morgan fingerprint density at radius 3 is 2.33 bits per heavy atom. The van der Waals surface area contributed by atoms with Crippen LogP contribution in [0, 0.1) is 6.92 Å². The van der Waals surface area contributed by atoms with Crippen molar-refractivity contribution in [2.75, 3.05) is 44.4 Å². The minimum absolute atomic E-state index is 0.144. The van der Waals surface area contributed by atoms with E-state index in [1.165, 1.54) is 0 Å². The van der Waals surface area contributed by atoms with Gasteiger partial charge in [-0.25, -0.2) is 8.42 Å². The van der Waals surface area contributed by atoms with E-state index < -0.39 is 10.0 Å². The van der Waals surface area contributed by atoms with Gasteiger partial charge in [0.05, 0.1) is 18.6 Å². The maximum Gasteiger partial charge on any atom is 0.255 e. The molecule has 2 aromatic rings. The van der Waals surface area contributed by atoms with Crippen LogP contribution in [0.2, 0.25) is 0 Å². The summed E-state index contributed by atoms with van der Waals surface area (Å²) in [5.41, 5.74) is 3.34. The van der Waals surface area contributed by atoms with Crippen molar-refractivity contribution in [2.45, 2.75) is 20.4 Å². The van der Waals surface area contributed by atoms with E-state index in [4.69, 9.17) is 4.74 Å². The maximum absolute atomic E-state index is 12.6. The molecule has 162 valence electrons.